The molecule has 2 heteroatoms. The van der Waals surface area contributed by atoms with Gasteiger partial charge in [0.1, 0.15) is 0 Å². The van der Waals surface area contributed by atoms with E-state index in [0.717, 1.165) is 18.3 Å². The molecule has 16 heavy (non-hydrogen) atoms. The predicted octanol–water partition coefficient (Wildman–Crippen LogP) is 2.73. The monoisotopic (exact) mass is 226 g/mol. The predicted molar refractivity (Wildman–Crippen MR) is 71.4 cm³/mol. The number of nitrogens with zero attached hydrogens (tertiary/aromatic N) is 1. The van der Waals surface area contributed by atoms with Crippen molar-refractivity contribution in [1.29, 1.82) is 0 Å². The fourth-order valence-corrected chi connectivity index (χ4v) is 2.99. The van der Waals surface area contributed by atoms with Gasteiger partial charge in [-0.2, -0.15) is 0 Å². The van der Waals surface area contributed by atoms with Gasteiger partial charge >= 0.3 is 0 Å². The average molecular weight is 226 g/mol. The van der Waals surface area contributed by atoms with E-state index in [0.29, 0.717) is 12.1 Å². The molecular weight excluding hydrogens is 196 g/mol. The summed E-state index contributed by atoms with van der Waals surface area (Å²) in [6, 6.07) is 0.782. The minimum Gasteiger partial charge on any atom is -0.326 e. The summed E-state index contributed by atoms with van der Waals surface area (Å²) in [4.78, 5) is 2.50. The zero-order chi connectivity index (χ0) is 12.5. The van der Waals surface area contributed by atoms with E-state index in [-0.39, 0.29) is 5.41 Å². The Morgan fingerprint density at radius 2 is 1.88 bits per heavy atom. The molecule has 0 aromatic carbocycles. The van der Waals surface area contributed by atoms with Crippen molar-refractivity contribution >= 4 is 0 Å². The van der Waals surface area contributed by atoms with E-state index in [2.05, 4.69) is 46.6 Å². The van der Waals surface area contributed by atoms with E-state index in [9.17, 15) is 0 Å². The van der Waals surface area contributed by atoms with Gasteiger partial charge in [0.2, 0.25) is 0 Å². The maximum absolute atomic E-state index is 6.29. The molecule has 0 aromatic rings. The second kappa shape index (κ2) is 5.05. The molecule has 1 aliphatic carbocycles. The number of likely N-dealkylation sites (N-methyl/N-ethyl adjacent to an activating group) is 1. The van der Waals surface area contributed by atoms with Gasteiger partial charge in [-0.15, -0.1) is 0 Å². The molecule has 1 saturated carbocycles. The van der Waals surface area contributed by atoms with Gasteiger partial charge in [0, 0.05) is 18.6 Å². The molecule has 0 saturated heterocycles. The molecule has 96 valence electrons. The van der Waals surface area contributed by atoms with Crippen molar-refractivity contribution in [3.8, 4) is 0 Å². The Balaban J connectivity index is 2.60. The Labute approximate surface area is 102 Å². The molecule has 4 unspecified atom stereocenters. The summed E-state index contributed by atoms with van der Waals surface area (Å²) in [5.41, 5.74) is 6.56. The summed E-state index contributed by atoms with van der Waals surface area (Å²) < 4.78 is 0. The van der Waals surface area contributed by atoms with Gasteiger partial charge in [-0.25, -0.2) is 0 Å². The topological polar surface area (TPSA) is 29.3 Å². The first kappa shape index (κ1) is 14.0. The summed E-state index contributed by atoms with van der Waals surface area (Å²) in [6.07, 6.45) is 2.47. The Morgan fingerprint density at radius 3 is 2.19 bits per heavy atom. The smallest absolute Gasteiger partial charge is 0.0292 e. The highest BCUT2D eigenvalue weighted by molar-refractivity contribution is 4.93. The zero-order valence-corrected chi connectivity index (χ0v) is 12.0. The highest BCUT2D eigenvalue weighted by atomic mass is 15.2. The van der Waals surface area contributed by atoms with Crippen LogP contribution in [0, 0.1) is 17.3 Å². The minimum atomic E-state index is 0.266. The van der Waals surface area contributed by atoms with Crippen molar-refractivity contribution in [2.24, 2.45) is 23.0 Å². The number of hydrogen-bond acceptors (Lipinski definition) is 2. The second-order valence-corrected chi connectivity index (χ2v) is 6.80. The van der Waals surface area contributed by atoms with Crippen LogP contribution in [-0.2, 0) is 0 Å². The highest BCUT2D eigenvalue weighted by Gasteiger charge is 2.38. The van der Waals surface area contributed by atoms with Crippen molar-refractivity contribution < 1.29 is 0 Å². The van der Waals surface area contributed by atoms with Crippen LogP contribution in [0.2, 0.25) is 0 Å². The largest absolute Gasteiger partial charge is 0.326 e. The quantitative estimate of drug-likeness (QED) is 0.781. The fraction of sp³-hybridized carbons (Fsp3) is 1.00. The standard InChI is InChI=1S/C14H30N2/c1-7-12(15)13(14(3,4)5)16(6)9-11-8-10(11)2/h10-13H,7-9,15H2,1-6H3. The first-order valence-electron chi connectivity index (χ1n) is 6.73. The highest BCUT2D eigenvalue weighted by Crippen LogP contribution is 2.39. The van der Waals surface area contributed by atoms with Crippen LogP contribution in [0.25, 0.3) is 0 Å². The lowest BCUT2D eigenvalue weighted by Gasteiger charge is -2.41. The van der Waals surface area contributed by atoms with E-state index in [1.54, 1.807) is 0 Å². The van der Waals surface area contributed by atoms with Crippen molar-refractivity contribution in [3.05, 3.63) is 0 Å². The Bertz CT molecular complexity index is 219. The summed E-state index contributed by atoms with van der Waals surface area (Å²) in [6.45, 7) is 12.7. The van der Waals surface area contributed by atoms with Crippen LogP contribution in [0.5, 0.6) is 0 Å². The van der Waals surface area contributed by atoms with Crippen LogP contribution in [0.3, 0.4) is 0 Å². The molecule has 4 atom stereocenters. The molecule has 0 heterocycles. The van der Waals surface area contributed by atoms with E-state index in [1.807, 2.05) is 0 Å². The lowest BCUT2D eigenvalue weighted by Crippen LogP contribution is -2.53. The summed E-state index contributed by atoms with van der Waals surface area (Å²) >= 11 is 0. The molecule has 1 fully saturated rings. The van der Waals surface area contributed by atoms with Crippen molar-refractivity contribution in [2.45, 2.75) is 59.5 Å². The van der Waals surface area contributed by atoms with Gasteiger partial charge in [0.05, 0.1) is 0 Å². The third kappa shape index (κ3) is 3.46. The third-order valence-electron chi connectivity index (χ3n) is 4.04. The second-order valence-electron chi connectivity index (χ2n) is 6.80. The summed E-state index contributed by atoms with van der Waals surface area (Å²) in [5.74, 6) is 1.85. The molecule has 0 spiro atoms. The average Bonchev–Trinajstić information content (AvgIpc) is 2.78. The molecule has 1 aliphatic rings. The van der Waals surface area contributed by atoms with Crippen molar-refractivity contribution in [2.75, 3.05) is 13.6 Å². The molecule has 2 nitrogen and oxygen atoms in total. The molecule has 0 aromatic heterocycles. The molecule has 1 rings (SSSR count). The third-order valence-corrected chi connectivity index (χ3v) is 4.04. The van der Waals surface area contributed by atoms with E-state index < -0.39 is 0 Å². The Kier molecular flexibility index (Phi) is 4.42. The first-order valence-corrected chi connectivity index (χ1v) is 6.73. The molecule has 0 radical (unpaired) electrons. The Hall–Kier alpha value is -0.0800. The number of nitrogens with two attached hydrogens (primary N) is 1. The Morgan fingerprint density at radius 1 is 1.38 bits per heavy atom. The van der Waals surface area contributed by atoms with Gasteiger partial charge in [-0.3, -0.25) is 0 Å². The van der Waals surface area contributed by atoms with Gasteiger partial charge in [-0.1, -0.05) is 34.6 Å². The van der Waals surface area contributed by atoms with Crippen LogP contribution in [0.1, 0.15) is 47.5 Å². The van der Waals surface area contributed by atoms with Crippen molar-refractivity contribution in [3.63, 3.8) is 0 Å². The number of hydrogen-bond donors (Lipinski definition) is 1. The summed E-state index contributed by atoms with van der Waals surface area (Å²) in [5, 5.41) is 0. The van der Waals surface area contributed by atoms with Crippen LogP contribution >= 0.6 is 0 Å². The van der Waals surface area contributed by atoms with Gasteiger partial charge in [0.25, 0.3) is 0 Å². The molecule has 0 bridgehead atoms. The minimum absolute atomic E-state index is 0.266. The normalized spacial score (nSPS) is 29.2. The van der Waals surface area contributed by atoms with Gasteiger partial charge in [-0.05, 0) is 37.1 Å². The molecule has 2 N–H and O–H groups in total. The van der Waals surface area contributed by atoms with Crippen LogP contribution in [-0.4, -0.2) is 30.6 Å². The van der Waals surface area contributed by atoms with Crippen molar-refractivity contribution in [1.82, 2.24) is 4.90 Å². The lowest BCUT2D eigenvalue weighted by atomic mass is 9.80. The van der Waals surface area contributed by atoms with E-state index in [4.69, 9.17) is 5.73 Å². The lowest BCUT2D eigenvalue weighted by molar-refractivity contribution is 0.0947. The molecule has 0 amide bonds. The van der Waals surface area contributed by atoms with Crippen LogP contribution < -0.4 is 5.73 Å². The van der Waals surface area contributed by atoms with Crippen LogP contribution in [0.4, 0.5) is 0 Å². The molecular formula is C14H30N2. The summed E-state index contributed by atoms with van der Waals surface area (Å²) in [7, 11) is 2.25. The first-order chi connectivity index (χ1) is 7.27. The molecule has 0 aliphatic heterocycles. The SMILES string of the molecule is CCC(N)C(N(C)CC1CC1C)C(C)(C)C. The zero-order valence-electron chi connectivity index (χ0n) is 12.0. The maximum Gasteiger partial charge on any atom is 0.0292 e. The maximum atomic E-state index is 6.29. The van der Waals surface area contributed by atoms with E-state index >= 15 is 0 Å². The van der Waals surface area contributed by atoms with Crippen LogP contribution in [0.15, 0.2) is 0 Å². The van der Waals surface area contributed by atoms with Gasteiger partial charge in [0.15, 0.2) is 0 Å². The fourth-order valence-electron chi connectivity index (χ4n) is 2.99. The van der Waals surface area contributed by atoms with E-state index in [1.165, 1.54) is 13.0 Å². The van der Waals surface area contributed by atoms with Gasteiger partial charge < -0.3 is 10.6 Å². The number of rotatable bonds is 5.